The molecule has 6 nitrogen and oxygen atoms in total. The van der Waals surface area contributed by atoms with Crippen molar-refractivity contribution in [2.24, 2.45) is 16.3 Å². The van der Waals surface area contributed by atoms with Crippen molar-refractivity contribution in [1.82, 2.24) is 0 Å². The number of nitrogens with zero attached hydrogens (tertiary/aromatic N) is 4. The van der Waals surface area contributed by atoms with Crippen LogP contribution in [0.3, 0.4) is 0 Å². The van der Waals surface area contributed by atoms with Gasteiger partial charge in [0, 0.05) is 71.8 Å². The van der Waals surface area contributed by atoms with E-state index in [2.05, 4.69) is 73.7 Å². The number of benzene rings is 2. The normalized spacial score (nSPS) is 10.9. The number of methoxy groups -OCH3 is 1. The lowest BCUT2D eigenvalue weighted by atomic mass is 9.99. The van der Waals surface area contributed by atoms with E-state index in [1.165, 1.54) is 6.42 Å². The molecule has 2 rings (SSSR count). The summed E-state index contributed by atoms with van der Waals surface area (Å²) >= 11 is 1.64. The van der Waals surface area contributed by atoms with Crippen LogP contribution in [-0.4, -0.2) is 54.5 Å². The standard InChI is InChI=1S/C23H32N4OS.C5H12.C2H6O/c1-17(28)26(7)18-9-12-20(13-10-18)29-27(8)19-11-14-22(25(5)6)21(15-19)24-16-23(2,3)4;1-4-5(2)3;1-3-2/h9-16H,1-8H3;5H,4H2,1-3H3;1-2H3. The van der Waals surface area contributed by atoms with Gasteiger partial charge in [0.1, 0.15) is 0 Å². The highest BCUT2D eigenvalue weighted by molar-refractivity contribution is 8.00. The first kappa shape index (κ1) is 34.5. The number of carbonyl (C=O) groups excluding carboxylic acids is 1. The number of hydrogen-bond donors (Lipinski definition) is 0. The van der Waals surface area contributed by atoms with Gasteiger partial charge >= 0.3 is 0 Å². The zero-order valence-electron chi connectivity index (χ0n) is 25.4. The van der Waals surface area contributed by atoms with Gasteiger partial charge in [-0.05, 0) is 65.7 Å². The van der Waals surface area contributed by atoms with Crippen LogP contribution < -0.4 is 14.1 Å². The summed E-state index contributed by atoms with van der Waals surface area (Å²) in [5.74, 6) is 0.904. The molecule has 0 heterocycles. The molecule has 0 aliphatic rings. The number of carbonyl (C=O) groups is 1. The molecule has 2 aromatic rings. The Balaban J connectivity index is 0.00000142. The first-order valence-electron chi connectivity index (χ1n) is 12.7. The third kappa shape index (κ3) is 14.1. The molecule has 0 aliphatic carbocycles. The Morgan fingerprint density at radius 2 is 1.49 bits per heavy atom. The third-order valence-corrected chi connectivity index (χ3v) is 6.12. The number of rotatable bonds is 7. The highest BCUT2D eigenvalue weighted by atomic mass is 32.2. The SMILES string of the molecule is CC(=O)N(C)c1ccc(SN(C)c2ccc(N(C)C)c(N=CC(C)(C)C)c2)cc1.CCC(C)C.COC. The summed E-state index contributed by atoms with van der Waals surface area (Å²) in [5.41, 5.74) is 4.03. The minimum Gasteiger partial charge on any atom is -0.388 e. The second kappa shape index (κ2) is 17.1. The van der Waals surface area contributed by atoms with E-state index >= 15 is 0 Å². The number of aliphatic imine (C=N–C) groups is 1. The van der Waals surface area contributed by atoms with Crippen molar-refractivity contribution in [3.63, 3.8) is 0 Å². The van der Waals surface area contributed by atoms with Gasteiger partial charge in [-0.2, -0.15) is 0 Å². The molecule has 0 radical (unpaired) electrons. The van der Waals surface area contributed by atoms with E-state index in [0.717, 1.165) is 33.6 Å². The fourth-order valence-corrected chi connectivity index (χ4v) is 3.37. The van der Waals surface area contributed by atoms with Crippen LogP contribution in [0.4, 0.5) is 22.7 Å². The zero-order valence-corrected chi connectivity index (χ0v) is 26.2. The molecule has 0 saturated carbocycles. The van der Waals surface area contributed by atoms with Crippen LogP contribution in [-0.2, 0) is 9.53 Å². The Bertz CT molecular complexity index is 951. The van der Waals surface area contributed by atoms with Crippen LogP contribution in [0, 0.1) is 11.3 Å². The van der Waals surface area contributed by atoms with Crippen LogP contribution in [0.5, 0.6) is 0 Å². The minimum absolute atomic E-state index is 0.0202. The Hall–Kier alpha value is -2.51. The molecule has 0 aromatic heterocycles. The van der Waals surface area contributed by atoms with E-state index in [-0.39, 0.29) is 11.3 Å². The van der Waals surface area contributed by atoms with E-state index in [4.69, 9.17) is 4.99 Å². The fraction of sp³-hybridized carbons (Fsp3) is 0.533. The average molecular weight is 531 g/mol. The molecule has 1 amide bonds. The zero-order chi connectivity index (χ0) is 28.8. The highest BCUT2D eigenvalue weighted by Gasteiger charge is 2.12. The molecular formula is C30H50N4O2S. The second-order valence-corrected chi connectivity index (χ2v) is 11.8. The van der Waals surface area contributed by atoms with Gasteiger partial charge in [-0.3, -0.25) is 9.79 Å². The minimum atomic E-state index is 0.0202. The molecule has 7 heteroatoms. The van der Waals surface area contributed by atoms with Gasteiger partial charge in [-0.15, -0.1) is 0 Å². The number of ether oxygens (including phenoxy) is 1. The summed E-state index contributed by atoms with van der Waals surface area (Å²) in [6, 6.07) is 14.3. The molecule has 0 aliphatic heterocycles. The van der Waals surface area contributed by atoms with Crippen LogP contribution >= 0.6 is 11.9 Å². The van der Waals surface area contributed by atoms with Crippen molar-refractivity contribution in [2.75, 3.05) is 56.5 Å². The first-order chi connectivity index (χ1) is 17.2. The summed E-state index contributed by atoms with van der Waals surface area (Å²) in [4.78, 5) is 21.1. The molecule has 0 fully saturated rings. The molecule has 0 spiro atoms. The average Bonchev–Trinajstić information content (AvgIpc) is 2.82. The lowest BCUT2D eigenvalue weighted by Gasteiger charge is -2.22. The lowest BCUT2D eigenvalue weighted by Crippen LogP contribution is -2.22. The van der Waals surface area contributed by atoms with Crippen molar-refractivity contribution in [3.05, 3.63) is 42.5 Å². The number of amides is 1. The molecule has 0 saturated heterocycles. The van der Waals surface area contributed by atoms with E-state index in [1.54, 1.807) is 45.0 Å². The topological polar surface area (TPSA) is 48.4 Å². The Kier molecular flexibility index (Phi) is 15.9. The maximum Gasteiger partial charge on any atom is 0.223 e. The van der Waals surface area contributed by atoms with Gasteiger partial charge < -0.3 is 18.8 Å². The molecule has 2 aromatic carbocycles. The first-order valence-corrected chi connectivity index (χ1v) is 13.5. The van der Waals surface area contributed by atoms with E-state index in [9.17, 15) is 4.79 Å². The van der Waals surface area contributed by atoms with Crippen molar-refractivity contribution < 1.29 is 9.53 Å². The fourth-order valence-electron chi connectivity index (χ4n) is 2.58. The van der Waals surface area contributed by atoms with E-state index in [1.807, 2.05) is 51.6 Å². The quantitative estimate of drug-likeness (QED) is 0.269. The van der Waals surface area contributed by atoms with Gasteiger partial charge in [0.15, 0.2) is 0 Å². The Labute approximate surface area is 231 Å². The summed E-state index contributed by atoms with van der Waals surface area (Å²) < 4.78 is 6.37. The summed E-state index contributed by atoms with van der Waals surface area (Å²) in [6.07, 6.45) is 3.30. The van der Waals surface area contributed by atoms with Crippen LogP contribution in [0.2, 0.25) is 0 Å². The monoisotopic (exact) mass is 530 g/mol. The summed E-state index contributed by atoms with van der Waals surface area (Å²) in [6.45, 7) is 14.6. The van der Waals surface area contributed by atoms with Crippen LogP contribution in [0.1, 0.15) is 54.9 Å². The number of anilines is 3. The van der Waals surface area contributed by atoms with Crippen LogP contribution in [0.15, 0.2) is 52.4 Å². The maximum atomic E-state index is 11.5. The van der Waals surface area contributed by atoms with Crippen molar-refractivity contribution in [3.8, 4) is 0 Å². The molecule has 0 atom stereocenters. The predicted molar refractivity (Wildman–Crippen MR) is 166 cm³/mol. The molecular weight excluding hydrogens is 480 g/mol. The summed E-state index contributed by atoms with van der Waals surface area (Å²) in [7, 11) is 11.1. The smallest absolute Gasteiger partial charge is 0.223 e. The third-order valence-electron chi connectivity index (χ3n) is 5.15. The van der Waals surface area contributed by atoms with E-state index < -0.39 is 0 Å². The molecule has 0 N–H and O–H groups in total. The highest BCUT2D eigenvalue weighted by Crippen LogP contribution is 2.36. The summed E-state index contributed by atoms with van der Waals surface area (Å²) in [5, 5.41) is 0. The molecule has 0 unspecified atom stereocenters. The van der Waals surface area contributed by atoms with Gasteiger partial charge in [0.25, 0.3) is 0 Å². The van der Waals surface area contributed by atoms with Crippen molar-refractivity contribution in [1.29, 1.82) is 0 Å². The molecule has 37 heavy (non-hydrogen) atoms. The molecule has 0 bridgehead atoms. The molecule has 208 valence electrons. The van der Waals surface area contributed by atoms with Crippen molar-refractivity contribution in [2.45, 2.75) is 59.8 Å². The van der Waals surface area contributed by atoms with Gasteiger partial charge in [0.2, 0.25) is 5.91 Å². The Morgan fingerprint density at radius 1 is 1.00 bits per heavy atom. The van der Waals surface area contributed by atoms with Crippen molar-refractivity contribution >= 4 is 46.8 Å². The van der Waals surface area contributed by atoms with Crippen LogP contribution in [0.25, 0.3) is 0 Å². The second-order valence-electron chi connectivity index (χ2n) is 10.6. The predicted octanol–water partition coefficient (Wildman–Crippen LogP) is 7.94. The van der Waals surface area contributed by atoms with Gasteiger partial charge in [-0.25, -0.2) is 0 Å². The van der Waals surface area contributed by atoms with Gasteiger partial charge in [0.05, 0.1) is 11.4 Å². The van der Waals surface area contributed by atoms with Gasteiger partial charge in [-0.1, -0.05) is 48.0 Å². The maximum absolute atomic E-state index is 11.5. The van der Waals surface area contributed by atoms with E-state index in [0.29, 0.717) is 0 Å². The largest absolute Gasteiger partial charge is 0.388 e. The Morgan fingerprint density at radius 3 is 1.89 bits per heavy atom. The lowest BCUT2D eigenvalue weighted by molar-refractivity contribution is -0.116. The number of hydrogen-bond acceptors (Lipinski definition) is 6.